The van der Waals surface area contributed by atoms with Crippen LogP contribution in [-0.2, 0) is 6.54 Å². The molecule has 0 aromatic carbocycles. The molecule has 0 aliphatic carbocycles. The van der Waals surface area contributed by atoms with Crippen molar-refractivity contribution in [3.8, 4) is 0 Å². The summed E-state index contributed by atoms with van der Waals surface area (Å²) in [5.41, 5.74) is 1.13. The Hall–Kier alpha value is -0.0100. The van der Waals surface area contributed by atoms with Gasteiger partial charge in [0.05, 0.1) is 5.69 Å². The van der Waals surface area contributed by atoms with Crippen LogP contribution in [0, 0.1) is 0 Å². The SMILES string of the molecule is Brc1cnc(CN2CC(N3CCNCC3)C2)c(Br)c1. The molecule has 4 nitrogen and oxygen atoms in total. The highest BCUT2D eigenvalue weighted by Gasteiger charge is 2.32. The Morgan fingerprint density at radius 1 is 1.26 bits per heavy atom. The summed E-state index contributed by atoms with van der Waals surface area (Å²) in [6.45, 7) is 7.94. The average Bonchev–Trinajstić information content (AvgIpc) is 2.36. The molecule has 3 heterocycles. The van der Waals surface area contributed by atoms with E-state index >= 15 is 0 Å². The van der Waals surface area contributed by atoms with Gasteiger partial charge in [0, 0.05) is 67.0 Å². The Morgan fingerprint density at radius 3 is 2.68 bits per heavy atom. The summed E-state index contributed by atoms with van der Waals surface area (Å²) < 4.78 is 2.11. The van der Waals surface area contributed by atoms with Crippen LogP contribution < -0.4 is 5.32 Å². The lowest BCUT2D eigenvalue weighted by Gasteiger charge is -2.46. The molecule has 0 unspecified atom stereocenters. The van der Waals surface area contributed by atoms with E-state index in [2.05, 4.69) is 58.0 Å². The largest absolute Gasteiger partial charge is 0.314 e. The third kappa shape index (κ3) is 3.36. The van der Waals surface area contributed by atoms with Crippen molar-refractivity contribution in [3.63, 3.8) is 0 Å². The van der Waals surface area contributed by atoms with E-state index in [1.165, 1.54) is 26.2 Å². The van der Waals surface area contributed by atoms with Crippen molar-refractivity contribution in [2.24, 2.45) is 0 Å². The van der Waals surface area contributed by atoms with Gasteiger partial charge in [-0.1, -0.05) is 0 Å². The van der Waals surface area contributed by atoms with Gasteiger partial charge in [-0.2, -0.15) is 0 Å². The lowest BCUT2D eigenvalue weighted by Crippen LogP contribution is -2.62. The smallest absolute Gasteiger partial charge is 0.0686 e. The van der Waals surface area contributed by atoms with Gasteiger partial charge in [0.1, 0.15) is 0 Å². The molecule has 1 N–H and O–H groups in total. The predicted molar refractivity (Wildman–Crippen MR) is 83.1 cm³/mol. The van der Waals surface area contributed by atoms with Crippen LogP contribution in [0.5, 0.6) is 0 Å². The van der Waals surface area contributed by atoms with Gasteiger partial charge in [0.25, 0.3) is 0 Å². The van der Waals surface area contributed by atoms with Gasteiger partial charge in [-0.25, -0.2) is 0 Å². The summed E-state index contributed by atoms with van der Waals surface area (Å²) in [5.74, 6) is 0. The molecule has 2 saturated heterocycles. The lowest BCUT2D eigenvalue weighted by atomic mass is 10.1. The first kappa shape index (κ1) is 13.9. The topological polar surface area (TPSA) is 31.4 Å². The molecule has 104 valence electrons. The number of hydrogen-bond donors (Lipinski definition) is 1. The van der Waals surface area contributed by atoms with Crippen LogP contribution in [0.4, 0.5) is 0 Å². The minimum Gasteiger partial charge on any atom is -0.314 e. The monoisotopic (exact) mass is 388 g/mol. The maximum atomic E-state index is 4.48. The number of rotatable bonds is 3. The lowest BCUT2D eigenvalue weighted by molar-refractivity contribution is 0.0214. The Kier molecular flexibility index (Phi) is 4.54. The van der Waals surface area contributed by atoms with E-state index in [1.54, 1.807) is 0 Å². The molecule has 2 aliphatic rings. The molecule has 1 aromatic heterocycles. The fraction of sp³-hybridized carbons (Fsp3) is 0.615. The minimum absolute atomic E-state index is 0.747. The number of likely N-dealkylation sites (tertiary alicyclic amines) is 1. The standard InChI is InChI=1S/C13H18Br2N4/c14-10-5-12(15)13(17-6-10)9-18-7-11(8-18)19-3-1-16-2-4-19/h5-6,11,16H,1-4,7-9H2. The highest BCUT2D eigenvalue weighted by molar-refractivity contribution is 9.11. The third-order valence-corrected chi connectivity index (χ3v) is 4.98. The van der Waals surface area contributed by atoms with Gasteiger partial charge in [0.15, 0.2) is 0 Å². The quantitative estimate of drug-likeness (QED) is 0.852. The second-order valence-electron chi connectivity index (χ2n) is 5.22. The molecule has 0 bridgehead atoms. The normalized spacial score (nSPS) is 22.4. The molecule has 19 heavy (non-hydrogen) atoms. The first-order chi connectivity index (χ1) is 9.22. The average molecular weight is 390 g/mol. The van der Waals surface area contributed by atoms with Crippen molar-refractivity contribution in [3.05, 3.63) is 26.9 Å². The third-order valence-electron chi connectivity index (χ3n) is 3.86. The van der Waals surface area contributed by atoms with Crippen molar-refractivity contribution in [2.45, 2.75) is 12.6 Å². The van der Waals surface area contributed by atoms with Crippen LogP contribution in [0.1, 0.15) is 5.69 Å². The number of nitrogens with one attached hydrogen (secondary N) is 1. The maximum Gasteiger partial charge on any atom is 0.0686 e. The number of hydrogen-bond acceptors (Lipinski definition) is 4. The summed E-state index contributed by atoms with van der Waals surface area (Å²) in [6.07, 6.45) is 1.87. The Morgan fingerprint density at radius 2 is 2.00 bits per heavy atom. The number of aromatic nitrogens is 1. The molecule has 3 rings (SSSR count). The summed E-state index contributed by atoms with van der Waals surface area (Å²) in [5, 5.41) is 3.41. The van der Waals surface area contributed by atoms with Crippen molar-refractivity contribution < 1.29 is 0 Å². The maximum absolute atomic E-state index is 4.48. The van der Waals surface area contributed by atoms with E-state index in [0.717, 1.165) is 40.3 Å². The van der Waals surface area contributed by atoms with Gasteiger partial charge in [0.2, 0.25) is 0 Å². The first-order valence-corrected chi connectivity index (χ1v) is 8.28. The Labute approximate surface area is 130 Å². The number of piperazine rings is 1. The van der Waals surface area contributed by atoms with Crippen molar-refractivity contribution in [2.75, 3.05) is 39.3 Å². The second kappa shape index (κ2) is 6.18. The van der Waals surface area contributed by atoms with E-state index in [9.17, 15) is 0 Å². The molecule has 1 aromatic rings. The number of pyridine rings is 1. The zero-order valence-corrected chi connectivity index (χ0v) is 14.0. The second-order valence-corrected chi connectivity index (χ2v) is 6.99. The first-order valence-electron chi connectivity index (χ1n) is 6.69. The predicted octanol–water partition coefficient (Wildman–Crippen LogP) is 1.70. The van der Waals surface area contributed by atoms with Crippen LogP contribution in [-0.4, -0.2) is 60.1 Å². The fourth-order valence-corrected chi connectivity index (χ4v) is 3.83. The summed E-state index contributed by atoms with van der Waals surface area (Å²) in [7, 11) is 0. The summed E-state index contributed by atoms with van der Waals surface area (Å²) in [6, 6.07) is 2.81. The molecule has 0 atom stereocenters. The zero-order chi connectivity index (χ0) is 13.2. The number of nitrogens with zero attached hydrogens (tertiary/aromatic N) is 3. The van der Waals surface area contributed by atoms with Gasteiger partial charge in [-0.05, 0) is 37.9 Å². The minimum atomic E-state index is 0.747. The fourth-order valence-electron chi connectivity index (χ4n) is 2.72. The zero-order valence-electron chi connectivity index (χ0n) is 10.8. The van der Waals surface area contributed by atoms with Gasteiger partial charge >= 0.3 is 0 Å². The highest BCUT2D eigenvalue weighted by atomic mass is 79.9. The van der Waals surface area contributed by atoms with E-state index in [1.807, 2.05) is 6.20 Å². The van der Waals surface area contributed by atoms with Gasteiger partial charge in [-0.3, -0.25) is 14.8 Å². The molecule has 2 fully saturated rings. The van der Waals surface area contributed by atoms with Crippen LogP contribution in [0.3, 0.4) is 0 Å². The molecule has 0 spiro atoms. The van der Waals surface area contributed by atoms with Crippen LogP contribution in [0.25, 0.3) is 0 Å². The molecule has 0 radical (unpaired) electrons. The van der Waals surface area contributed by atoms with E-state index in [4.69, 9.17) is 0 Å². The molecular formula is C13H18Br2N4. The Bertz CT molecular complexity index is 442. The summed E-state index contributed by atoms with van der Waals surface area (Å²) >= 11 is 7.02. The molecule has 0 amide bonds. The highest BCUT2D eigenvalue weighted by Crippen LogP contribution is 2.23. The van der Waals surface area contributed by atoms with Crippen LogP contribution in [0.2, 0.25) is 0 Å². The van der Waals surface area contributed by atoms with E-state index < -0.39 is 0 Å². The molecular weight excluding hydrogens is 372 g/mol. The van der Waals surface area contributed by atoms with Crippen molar-refractivity contribution in [1.29, 1.82) is 0 Å². The molecule has 6 heteroatoms. The van der Waals surface area contributed by atoms with E-state index in [-0.39, 0.29) is 0 Å². The van der Waals surface area contributed by atoms with Gasteiger partial charge < -0.3 is 5.32 Å². The van der Waals surface area contributed by atoms with E-state index in [0.29, 0.717) is 0 Å². The number of halogens is 2. The van der Waals surface area contributed by atoms with Gasteiger partial charge in [-0.15, -0.1) is 0 Å². The van der Waals surface area contributed by atoms with Crippen molar-refractivity contribution in [1.82, 2.24) is 20.1 Å². The summed E-state index contributed by atoms with van der Waals surface area (Å²) in [4.78, 5) is 9.55. The molecule has 2 aliphatic heterocycles. The van der Waals surface area contributed by atoms with Crippen molar-refractivity contribution >= 4 is 31.9 Å². The molecule has 0 saturated carbocycles. The Balaban J connectivity index is 1.50. The van der Waals surface area contributed by atoms with Crippen LogP contribution >= 0.6 is 31.9 Å². The van der Waals surface area contributed by atoms with Crippen LogP contribution in [0.15, 0.2) is 21.2 Å².